The van der Waals surface area contributed by atoms with Crippen molar-refractivity contribution in [3.05, 3.63) is 75.8 Å². The van der Waals surface area contributed by atoms with Crippen LogP contribution in [-0.4, -0.2) is 10.7 Å². The molecule has 0 bridgehead atoms. The van der Waals surface area contributed by atoms with Gasteiger partial charge in [0.1, 0.15) is 0 Å². The predicted molar refractivity (Wildman–Crippen MR) is 76.9 cm³/mol. The molecule has 20 heavy (non-hydrogen) atoms. The van der Waals surface area contributed by atoms with Crippen molar-refractivity contribution in [2.45, 2.75) is 19.3 Å². The Bertz CT molecular complexity index is 605. The van der Waals surface area contributed by atoms with Gasteiger partial charge < -0.3 is 0 Å². The van der Waals surface area contributed by atoms with Crippen molar-refractivity contribution in [2.24, 2.45) is 0 Å². The first-order chi connectivity index (χ1) is 9.58. The van der Waals surface area contributed by atoms with Crippen molar-refractivity contribution < 1.29 is 9.72 Å². The number of rotatable bonds is 5. The fraction of sp³-hybridized carbons (Fsp3) is 0.188. The zero-order valence-corrected chi connectivity index (χ0v) is 11.2. The molecule has 0 amide bonds. The zero-order chi connectivity index (χ0) is 14.5. The molecule has 0 radical (unpaired) electrons. The highest BCUT2D eigenvalue weighted by Crippen LogP contribution is 2.21. The molecular formula is C16H15NO3. The molecule has 0 aliphatic carbocycles. The molecule has 4 nitrogen and oxygen atoms in total. The molecule has 102 valence electrons. The van der Waals surface area contributed by atoms with Crippen molar-refractivity contribution in [1.82, 2.24) is 0 Å². The van der Waals surface area contributed by atoms with Crippen LogP contribution in [0.5, 0.6) is 0 Å². The first-order valence-corrected chi connectivity index (χ1v) is 6.40. The van der Waals surface area contributed by atoms with Gasteiger partial charge in [0, 0.05) is 24.1 Å². The van der Waals surface area contributed by atoms with E-state index in [-0.39, 0.29) is 17.4 Å². The van der Waals surface area contributed by atoms with Crippen LogP contribution in [0.1, 0.15) is 35.2 Å². The summed E-state index contributed by atoms with van der Waals surface area (Å²) in [6.45, 7) is 2.00. The molecule has 0 aromatic heterocycles. The fourth-order valence-electron chi connectivity index (χ4n) is 2.06. The largest absolute Gasteiger partial charge is 0.294 e. The summed E-state index contributed by atoms with van der Waals surface area (Å²) in [5.74, 6) is 0.121. The van der Waals surface area contributed by atoms with E-state index in [4.69, 9.17) is 0 Å². The average Bonchev–Trinajstić information content (AvgIpc) is 2.48. The van der Waals surface area contributed by atoms with Crippen LogP contribution in [0.2, 0.25) is 0 Å². The average molecular weight is 269 g/mol. The van der Waals surface area contributed by atoms with Gasteiger partial charge in [-0.15, -0.1) is 0 Å². The third-order valence-electron chi connectivity index (χ3n) is 3.26. The summed E-state index contributed by atoms with van der Waals surface area (Å²) in [6, 6.07) is 15.6. The van der Waals surface area contributed by atoms with Gasteiger partial charge in [-0.3, -0.25) is 14.9 Å². The second-order valence-electron chi connectivity index (χ2n) is 4.74. The molecule has 0 spiro atoms. The van der Waals surface area contributed by atoms with Gasteiger partial charge in [0.25, 0.3) is 5.69 Å². The minimum absolute atomic E-state index is 0.00217. The van der Waals surface area contributed by atoms with Crippen LogP contribution >= 0.6 is 0 Å². The van der Waals surface area contributed by atoms with E-state index < -0.39 is 4.92 Å². The fourth-order valence-corrected chi connectivity index (χ4v) is 2.06. The Hall–Kier alpha value is -2.49. The summed E-state index contributed by atoms with van der Waals surface area (Å²) in [5, 5.41) is 10.6. The van der Waals surface area contributed by atoms with Crippen molar-refractivity contribution >= 4 is 11.5 Å². The molecular weight excluding hydrogens is 254 g/mol. The van der Waals surface area contributed by atoms with Crippen molar-refractivity contribution in [3.8, 4) is 0 Å². The number of nitro groups is 1. The van der Waals surface area contributed by atoms with E-state index in [0.29, 0.717) is 12.0 Å². The lowest BCUT2D eigenvalue weighted by molar-refractivity contribution is -0.384. The van der Waals surface area contributed by atoms with Crippen molar-refractivity contribution in [2.75, 3.05) is 0 Å². The zero-order valence-electron chi connectivity index (χ0n) is 11.2. The molecule has 0 unspecified atom stereocenters. The van der Waals surface area contributed by atoms with Crippen LogP contribution in [-0.2, 0) is 0 Å². The van der Waals surface area contributed by atoms with Gasteiger partial charge in [0.05, 0.1) is 4.92 Å². The number of Topliss-reactive ketones (excluding diaryl/α,β-unsaturated/α-hetero) is 1. The summed E-state index contributed by atoms with van der Waals surface area (Å²) in [6.07, 6.45) is 0.391. The Morgan fingerprint density at radius 3 is 2.25 bits per heavy atom. The highest BCUT2D eigenvalue weighted by molar-refractivity contribution is 5.96. The summed E-state index contributed by atoms with van der Waals surface area (Å²) >= 11 is 0. The molecule has 0 fully saturated rings. The molecule has 2 rings (SSSR count). The van der Waals surface area contributed by atoms with Crippen molar-refractivity contribution in [3.63, 3.8) is 0 Å². The summed E-state index contributed by atoms with van der Waals surface area (Å²) in [5.41, 5.74) is 1.62. The predicted octanol–water partition coefficient (Wildman–Crippen LogP) is 3.97. The first kappa shape index (κ1) is 13.9. The molecule has 0 heterocycles. The van der Waals surface area contributed by atoms with Gasteiger partial charge in [-0.1, -0.05) is 37.3 Å². The Labute approximate surface area is 117 Å². The molecule has 0 saturated carbocycles. The smallest absolute Gasteiger partial charge is 0.269 e. The lowest BCUT2D eigenvalue weighted by Gasteiger charge is -2.10. The SMILES string of the molecule is C[C@@H](CC(=O)c1ccc([N+](=O)[O-])cc1)c1ccccc1. The number of non-ortho nitro benzene ring substituents is 1. The molecule has 0 saturated heterocycles. The number of hydrogen-bond acceptors (Lipinski definition) is 3. The monoisotopic (exact) mass is 269 g/mol. The van der Waals surface area contributed by atoms with Crippen LogP contribution in [0.3, 0.4) is 0 Å². The van der Waals surface area contributed by atoms with E-state index in [2.05, 4.69) is 0 Å². The Morgan fingerprint density at radius 2 is 1.70 bits per heavy atom. The van der Waals surface area contributed by atoms with Gasteiger partial charge in [0.2, 0.25) is 0 Å². The standard InChI is InChI=1S/C16H15NO3/c1-12(13-5-3-2-4-6-13)11-16(18)14-7-9-15(10-8-14)17(19)20/h2-10,12H,11H2,1H3/t12-/m0/s1. The highest BCUT2D eigenvalue weighted by atomic mass is 16.6. The molecule has 1 atom stereocenters. The summed E-state index contributed by atoms with van der Waals surface area (Å²) in [4.78, 5) is 22.2. The molecule has 0 N–H and O–H groups in total. The Morgan fingerprint density at radius 1 is 1.10 bits per heavy atom. The van der Waals surface area contributed by atoms with Crippen LogP contribution in [0.15, 0.2) is 54.6 Å². The molecule has 0 aliphatic rings. The lowest BCUT2D eigenvalue weighted by Crippen LogP contribution is -2.05. The number of ketones is 1. The van der Waals surface area contributed by atoms with Crippen LogP contribution < -0.4 is 0 Å². The second kappa shape index (κ2) is 6.10. The van der Waals surface area contributed by atoms with E-state index in [1.165, 1.54) is 24.3 Å². The topological polar surface area (TPSA) is 60.2 Å². The molecule has 2 aromatic rings. The Kier molecular flexibility index (Phi) is 4.25. The van der Waals surface area contributed by atoms with E-state index in [9.17, 15) is 14.9 Å². The molecule has 2 aromatic carbocycles. The van der Waals surface area contributed by atoms with Gasteiger partial charge in [-0.05, 0) is 23.6 Å². The number of nitro benzene ring substituents is 1. The first-order valence-electron chi connectivity index (χ1n) is 6.40. The van der Waals surface area contributed by atoms with Gasteiger partial charge >= 0.3 is 0 Å². The highest BCUT2D eigenvalue weighted by Gasteiger charge is 2.14. The number of nitrogens with zero attached hydrogens (tertiary/aromatic N) is 1. The van der Waals surface area contributed by atoms with Crippen LogP contribution in [0.4, 0.5) is 5.69 Å². The minimum Gasteiger partial charge on any atom is -0.294 e. The maximum atomic E-state index is 12.1. The molecule has 4 heteroatoms. The van der Waals surface area contributed by atoms with E-state index in [1.807, 2.05) is 37.3 Å². The number of hydrogen-bond donors (Lipinski definition) is 0. The normalized spacial score (nSPS) is 11.8. The third kappa shape index (κ3) is 3.29. The van der Waals surface area contributed by atoms with Crippen LogP contribution in [0.25, 0.3) is 0 Å². The molecule has 0 aliphatic heterocycles. The second-order valence-corrected chi connectivity index (χ2v) is 4.74. The van der Waals surface area contributed by atoms with Gasteiger partial charge in [-0.25, -0.2) is 0 Å². The minimum atomic E-state index is -0.471. The lowest BCUT2D eigenvalue weighted by atomic mass is 9.93. The number of benzene rings is 2. The van der Waals surface area contributed by atoms with Gasteiger partial charge in [-0.2, -0.15) is 0 Å². The van der Waals surface area contributed by atoms with Crippen molar-refractivity contribution in [1.29, 1.82) is 0 Å². The van der Waals surface area contributed by atoms with E-state index >= 15 is 0 Å². The number of carbonyl (C=O) groups excluding carboxylic acids is 1. The quantitative estimate of drug-likeness (QED) is 0.468. The third-order valence-corrected chi connectivity index (χ3v) is 3.26. The number of carbonyl (C=O) groups is 1. The van der Waals surface area contributed by atoms with E-state index in [0.717, 1.165) is 5.56 Å². The Balaban J connectivity index is 2.06. The van der Waals surface area contributed by atoms with Gasteiger partial charge in [0.15, 0.2) is 5.78 Å². The maximum absolute atomic E-state index is 12.1. The van der Waals surface area contributed by atoms with E-state index in [1.54, 1.807) is 0 Å². The van der Waals surface area contributed by atoms with Crippen LogP contribution in [0, 0.1) is 10.1 Å². The maximum Gasteiger partial charge on any atom is 0.269 e. The summed E-state index contributed by atoms with van der Waals surface area (Å²) < 4.78 is 0. The summed E-state index contributed by atoms with van der Waals surface area (Å²) in [7, 11) is 0.